The minimum absolute atomic E-state index is 0.00402. The van der Waals surface area contributed by atoms with Crippen LogP contribution in [0, 0.1) is 0 Å². The van der Waals surface area contributed by atoms with Crippen LogP contribution in [0.1, 0.15) is 50.5 Å². The van der Waals surface area contributed by atoms with Crippen LogP contribution in [0.15, 0.2) is 23.7 Å². The third-order valence-corrected chi connectivity index (χ3v) is 4.78. The first-order valence-electron chi connectivity index (χ1n) is 8.37. The van der Waals surface area contributed by atoms with Gasteiger partial charge in [0.25, 0.3) is 0 Å². The molecular formula is C18H25BN2O5. The van der Waals surface area contributed by atoms with Gasteiger partial charge in [-0.3, -0.25) is 4.79 Å². The van der Waals surface area contributed by atoms with E-state index in [9.17, 15) is 14.7 Å². The van der Waals surface area contributed by atoms with Crippen LogP contribution in [0.25, 0.3) is 6.08 Å². The predicted molar refractivity (Wildman–Crippen MR) is 101 cm³/mol. The van der Waals surface area contributed by atoms with E-state index in [1.807, 2.05) is 27.7 Å². The van der Waals surface area contributed by atoms with E-state index >= 15 is 0 Å². The van der Waals surface area contributed by atoms with Crippen molar-refractivity contribution < 1.29 is 24.0 Å². The number of nitrogens with one attached hydrogen (secondary N) is 1. The Labute approximate surface area is 153 Å². The average molecular weight is 360 g/mol. The third kappa shape index (κ3) is 4.08. The van der Waals surface area contributed by atoms with E-state index in [1.54, 1.807) is 18.2 Å². The Morgan fingerprint density at radius 3 is 2.31 bits per heavy atom. The number of carboxylic acids is 1. The molecule has 1 aliphatic rings. The van der Waals surface area contributed by atoms with Gasteiger partial charge in [0.2, 0.25) is 5.91 Å². The monoisotopic (exact) mass is 360 g/mol. The maximum atomic E-state index is 11.6. The molecule has 1 fully saturated rings. The van der Waals surface area contributed by atoms with Crippen LogP contribution < -0.4 is 11.1 Å². The molecule has 0 saturated carbocycles. The van der Waals surface area contributed by atoms with Gasteiger partial charge in [0.15, 0.2) is 0 Å². The summed E-state index contributed by atoms with van der Waals surface area (Å²) < 4.78 is 12.1. The van der Waals surface area contributed by atoms with Gasteiger partial charge in [-0.1, -0.05) is 18.2 Å². The molecule has 2 rings (SSSR count). The van der Waals surface area contributed by atoms with Gasteiger partial charge in [-0.2, -0.15) is 0 Å². The molecule has 0 bridgehead atoms. The van der Waals surface area contributed by atoms with Crippen molar-refractivity contribution >= 4 is 30.8 Å². The fraction of sp³-hybridized carbons (Fsp3) is 0.444. The number of anilines is 1. The van der Waals surface area contributed by atoms with Crippen LogP contribution in [0.4, 0.5) is 5.69 Å². The number of aromatic carboxylic acids is 1. The van der Waals surface area contributed by atoms with Gasteiger partial charge in [-0.15, -0.1) is 0 Å². The Bertz CT molecular complexity index is 742. The standard InChI is InChI=1S/C18H25BN2O5/c1-11(22)21-10-13(19-25-17(2,3)18(4,5)26-19)9-12-7-6-8-14(20)15(12)16(23)24/h6-9H,10,20H2,1-5H3,(H,21,22)(H,23,24). The maximum Gasteiger partial charge on any atom is 0.492 e. The zero-order valence-corrected chi connectivity index (χ0v) is 15.8. The van der Waals surface area contributed by atoms with E-state index < -0.39 is 24.3 Å². The lowest BCUT2D eigenvalue weighted by Gasteiger charge is -2.32. The molecule has 7 nitrogen and oxygen atoms in total. The molecule has 8 heteroatoms. The summed E-state index contributed by atoms with van der Waals surface area (Å²) in [6, 6.07) is 4.86. The summed E-state index contributed by atoms with van der Waals surface area (Å²) in [6.07, 6.45) is 1.65. The van der Waals surface area contributed by atoms with Crippen molar-refractivity contribution in [3.8, 4) is 0 Å². The van der Waals surface area contributed by atoms with Crippen molar-refractivity contribution in [2.45, 2.75) is 45.8 Å². The Morgan fingerprint density at radius 2 is 1.81 bits per heavy atom. The number of carboxylic acid groups (broad SMARTS) is 1. The molecule has 1 saturated heterocycles. The summed E-state index contributed by atoms with van der Waals surface area (Å²) in [5.74, 6) is -1.33. The molecule has 0 atom stereocenters. The fourth-order valence-electron chi connectivity index (χ4n) is 2.58. The number of rotatable bonds is 5. The Kier molecular flexibility index (Phi) is 5.48. The van der Waals surface area contributed by atoms with E-state index in [1.165, 1.54) is 13.0 Å². The van der Waals surface area contributed by atoms with Gasteiger partial charge >= 0.3 is 13.1 Å². The summed E-state index contributed by atoms with van der Waals surface area (Å²) in [5.41, 5.74) is 5.90. The summed E-state index contributed by atoms with van der Waals surface area (Å²) in [4.78, 5) is 22.9. The average Bonchev–Trinajstić information content (AvgIpc) is 2.71. The lowest BCUT2D eigenvalue weighted by molar-refractivity contribution is -0.118. The number of nitrogens with two attached hydrogens (primary N) is 1. The Balaban J connectivity index is 2.47. The smallest absolute Gasteiger partial charge is 0.478 e. The maximum absolute atomic E-state index is 11.6. The summed E-state index contributed by atoms with van der Waals surface area (Å²) in [7, 11) is -0.713. The van der Waals surface area contributed by atoms with Gasteiger partial charge in [0, 0.05) is 19.2 Å². The summed E-state index contributed by atoms with van der Waals surface area (Å²) >= 11 is 0. The molecule has 1 aromatic rings. The van der Waals surface area contributed by atoms with Gasteiger partial charge in [-0.05, 0) is 44.8 Å². The first kappa shape index (κ1) is 20.0. The molecule has 0 spiro atoms. The first-order valence-corrected chi connectivity index (χ1v) is 8.37. The van der Waals surface area contributed by atoms with Crippen molar-refractivity contribution in [1.82, 2.24) is 5.32 Å². The van der Waals surface area contributed by atoms with Crippen molar-refractivity contribution in [3.63, 3.8) is 0 Å². The van der Waals surface area contributed by atoms with Crippen LogP contribution in [0.5, 0.6) is 0 Å². The number of benzene rings is 1. The molecule has 1 amide bonds. The van der Waals surface area contributed by atoms with E-state index in [2.05, 4.69) is 5.32 Å². The van der Waals surface area contributed by atoms with Gasteiger partial charge in [0.05, 0.1) is 16.8 Å². The molecule has 0 radical (unpaired) electrons. The molecule has 0 unspecified atom stereocenters. The highest BCUT2D eigenvalue weighted by molar-refractivity contribution is 6.56. The van der Waals surface area contributed by atoms with Crippen molar-refractivity contribution in [1.29, 1.82) is 0 Å². The van der Waals surface area contributed by atoms with Gasteiger partial charge < -0.3 is 25.5 Å². The summed E-state index contributed by atoms with van der Waals surface area (Å²) in [5, 5.41) is 12.2. The molecule has 26 heavy (non-hydrogen) atoms. The van der Waals surface area contributed by atoms with Gasteiger partial charge in [-0.25, -0.2) is 4.79 Å². The first-order chi connectivity index (χ1) is 11.9. The second kappa shape index (κ2) is 7.13. The minimum atomic E-state index is -1.12. The number of nitrogen functional groups attached to an aromatic ring is 1. The highest BCUT2D eigenvalue weighted by Gasteiger charge is 2.52. The highest BCUT2D eigenvalue weighted by Crippen LogP contribution is 2.39. The predicted octanol–water partition coefficient (Wildman–Crippen LogP) is 2.12. The number of hydrogen-bond acceptors (Lipinski definition) is 5. The number of carbonyl (C=O) groups is 2. The van der Waals surface area contributed by atoms with E-state index in [-0.39, 0.29) is 23.7 Å². The van der Waals surface area contributed by atoms with Gasteiger partial charge in [0.1, 0.15) is 0 Å². The SMILES string of the molecule is CC(=O)NCC(=Cc1cccc(N)c1C(=O)O)B1OC(C)(C)C(C)(C)O1. The van der Waals surface area contributed by atoms with E-state index in [0.29, 0.717) is 11.0 Å². The molecule has 0 aromatic heterocycles. The van der Waals surface area contributed by atoms with E-state index in [4.69, 9.17) is 15.0 Å². The normalized spacial score (nSPS) is 18.7. The van der Waals surface area contributed by atoms with Crippen molar-refractivity contribution in [3.05, 3.63) is 34.8 Å². The molecule has 1 heterocycles. The van der Waals surface area contributed by atoms with E-state index in [0.717, 1.165) is 0 Å². The lowest BCUT2D eigenvalue weighted by Crippen LogP contribution is -2.41. The molecule has 0 aliphatic carbocycles. The second-order valence-electron chi connectivity index (χ2n) is 7.33. The largest absolute Gasteiger partial charge is 0.492 e. The minimum Gasteiger partial charge on any atom is -0.478 e. The quantitative estimate of drug-likeness (QED) is 0.548. The number of amides is 1. The van der Waals surface area contributed by atoms with Crippen LogP contribution >= 0.6 is 0 Å². The molecule has 140 valence electrons. The van der Waals surface area contributed by atoms with Crippen LogP contribution in [0.3, 0.4) is 0 Å². The highest BCUT2D eigenvalue weighted by atomic mass is 16.7. The van der Waals surface area contributed by atoms with Crippen LogP contribution in [-0.4, -0.2) is 41.8 Å². The molecular weight excluding hydrogens is 335 g/mol. The number of hydrogen-bond donors (Lipinski definition) is 3. The third-order valence-electron chi connectivity index (χ3n) is 4.78. The summed E-state index contributed by atoms with van der Waals surface area (Å²) in [6.45, 7) is 9.27. The van der Waals surface area contributed by atoms with Crippen molar-refractivity contribution in [2.75, 3.05) is 12.3 Å². The number of carbonyl (C=O) groups excluding carboxylic acids is 1. The Hall–Kier alpha value is -2.32. The molecule has 4 N–H and O–H groups in total. The van der Waals surface area contributed by atoms with Crippen molar-refractivity contribution in [2.24, 2.45) is 0 Å². The fourth-order valence-corrected chi connectivity index (χ4v) is 2.58. The zero-order valence-electron chi connectivity index (χ0n) is 15.8. The van der Waals surface area contributed by atoms with Crippen LogP contribution in [-0.2, 0) is 14.1 Å². The topological polar surface area (TPSA) is 111 Å². The molecule has 1 aliphatic heterocycles. The molecule has 1 aromatic carbocycles. The zero-order chi connectivity index (χ0) is 19.7. The van der Waals surface area contributed by atoms with Crippen LogP contribution in [0.2, 0.25) is 0 Å². The second-order valence-corrected chi connectivity index (χ2v) is 7.33. The lowest BCUT2D eigenvalue weighted by atomic mass is 9.76. The Morgan fingerprint density at radius 1 is 1.23 bits per heavy atom.